The van der Waals surface area contributed by atoms with E-state index in [9.17, 15) is 0 Å². The molecule has 0 spiro atoms. The zero-order chi connectivity index (χ0) is 9.84. The largest absolute Gasteiger partial charge is 0.322 e. The average molecular weight is 175 g/mol. The Labute approximate surface area is 80.7 Å². The lowest BCUT2D eigenvalue weighted by molar-refractivity contribution is 0.505. The topological polar surface area (TPSA) is 3.24 Å². The summed E-state index contributed by atoms with van der Waals surface area (Å²) in [5.41, 5.74) is 2.33. The van der Waals surface area contributed by atoms with Gasteiger partial charge in [-0.2, -0.15) is 0 Å². The lowest BCUT2D eigenvalue weighted by Gasteiger charge is -2.27. The van der Waals surface area contributed by atoms with Crippen molar-refractivity contribution in [3.8, 4) is 0 Å². The van der Waals surface area contributed by atoms with Gasteiger partial charge in [0, 0.05) is 17.6 Å². The Morgan fingerprint density at radius 1 is 1.46 bits per heavy atom. The van der Waals surface area contributed by atoms with Crippen LogP contribution >= 0.6 is 0 Å². The Hall–Kier alpha value is -1.24. The quantitative estimate of drug-likeness (QED) is 0.621. The third-order valence-corrected chi connectivity index (χ3v) is 2.16. The number of rotatable bonds is 2. The predicted molar refractivity (Wildman–Crippen MR) is 57.9 cm³/mol. The maximum Gasteiger partial charge on any atom is 0.0409 e. The third kappa shape index (κ3) is 2.11. The highest BCUT2D eigenvalue weighted by atomic mass is 15.1. The molecule has 0 atom stereocenters. The van der Waals surface area contributed by atoms with Crippen molar-refractivity contribution in [1.82, 2.24) is 4.90 Å². The summed E-state index contributed by atoms with van der Waals surface area (Å²) in [5.74, 6) is 0.478. The van der Waals surface area contributed by atoms with Gasteiger partial charge in [0.2, 0.25) is 0 Å². The van der Waals surface area contributed by atoms with Gasteiger partial charge in [0.05, 0.1) is 0 Å². The van der Waals surface area contributed by atoms with Crippen molar-refractivity contribution in [2.75, 3.05) is 0 Å². The minimum atomic E-state index is 0.478. The molecule has 0 aliphatic carbocycles. The molecule has 0 saturated heterocycles. The van der Waals surface area contributed by atoms with Crippen LogP contribution in [0.1, 0.15) is 20.8 Å². The van der Waals surface area contributed by atoms with Crippen LogP contribution in [0.25, 0.3) is 0 Å². The van der Waals surface area contributed by atoms with Gasteiger partial charge in [-0.05, 0) is 25.0 Å². The first-order valence-electron chi connectivity index (χ1n) is 4.66. The minimum absolute atomic E-state index is 0.478. The van der Waals surface area contributed by atoms with E-state index in [0.29, 0.717) is 5.92 Å². The van der Waals surface area contributed by atoms with Crippen LogP contribution in [-0.2, 0) is 0 Å². The maximum atomic E-state index is 4.08. The van der Waals surface area contributed by atoms with Crippen molar-refractivity contribution in [3.63, 3.8) is 0 Å². The Balaban J connectivity index is 2.86. The summed E-state index contributed by atoms with van der Waals surface area (Å²) in [7, 11) is 0. The monoisotopic (exact) mass is 175 g/mol. The first-order valence-corrected chi connectivity index (χ1v) is 4.66. The lowest BCUT2D eigenvalue weighted by atomic mass is 10.1. The van der Waals surface area contributed by atoms with E-state index < -0.39 is 0 Å². The molecular formula is C12H17N. The molecule has 0 aromatic heterocycles. The second-order valence-electron chi connectivity index (χ2n) is 3.43. The molecule has 70 valence electrons. The van der Waals surface area contributed by atoms with Gasteiger partial charge in [-0.15, -0.1) is 0 Å². The smallest absolute Gasteiger partial charge is 0.0409 e. The highest BCUT2D eigenvalue weighted by Gasteiger charge is 2.11. The van der Waals surface area contributed by atoms with Crippen LogP contribution in [0.2, 0.25) is 0 Å². The normalized spacial score (nSPS) is 18.8. The van der Waals surface area contributed by atoms with E-state index in [1.165, 1.54) is 5.70 Å². The van der Waals surface area contributed by atoms with Crippen LogP contribution in [0.5, 0.6) is 0 Å². The van der Waals surface area contributed by atoms with Gasteiger partial charge in [0.1, 0.15) is 0 Å². The van der Waals surface area contributed by atoms with Crippen LogP contribution in [-0.4, -0.2) is 4.90 Å². The fourth-order valence-corrected chi connectivity index (χ4v) is 1.23. The van der Waals surface area contributed by atoms with Crippen LogP contribution in [0, 0.1) is 5.92 Å². The van der Waals surface area contributed by atoms with Crippen molar-refractivity contribution in [2.45, 2.75) is 20.8 Å². The van der Waals surface area contributed by atoms with Gasteiger partial charge in [-0.3, -0.25) is 0 Å². The molecule has 13 heavy (non-hydrogen) atoms. The molecule has 0 aromatic rings. The van der Waals surface area contributed by atoms with E-state index in [-0.39, 0.29) is 0 Å². The van der Waals surface area contributed by atoms with Gasteiger partial charge in [0.15, 0.2) is 0 Å². The zero-order valence-electron chi connectivity index (χ0n) is 8.62. The van der Waals surface area contributed by atoms with Gasteiger partial charge in [-0.25, -0.2) is 0 Å². The molecule has 1 rings (SSSR count). The third-order valence-electron chi connectivity index (χ3n) is 2.16. The summed E-state index contributed by atoms with van der Waals surface area (Å²) in [6.07, 6.45) is 10.3. The molecule has 1 aliphatic rings. The number of hydrogen-bond donors (Lipinski definition) is 0. The second-order valence-corrected chi connectivity index (χ2v) is 3.43. The van der Waals surface area contributed by atoms with Gasteiger partial charge in [0.25, 0.3) is 0 Å². The summed E-state index contributed by atoms with van der Waals surface area (Å²) >= 11 is 0. The zero-order valence-corrected chi connectivity index (χ0v) is 8.62. The van der Waals surface area contributed by atoms with Crippen molar-refractivity contribution in [2.24, 2.45) is 5.92 Å². The van der Waals surface area contributed by atoms with Crippen molar-refractivity contribution >= 4 is 0 Å². The molecule has 0 fully saturated rings. The number of nitrogens with zero attached hydrogens (tertiary/aromatic N) is 1. The molecule has 0 amide bonds. The van der Waals surface area contributed by atoms with Crippen LogP contribution in [0.3, 0.4) is 0 Å². The number of allylic oxidation sites excluding steroid dienone is 5. The fourth-order valence-electron chi connectivity index (χ4n) is 1.23. The first kappa shape index (κ1) is 9.85. The van der Waals surface area contributed by atoms with E-state index in [2.05, 4.69) is 43.7 Å². The molecule has 0 saturated carbocycles. The van der Waals surface area contributed by atoms with Crippen molar-refractivity contribution < 1.29 is 0 Å². The predicted octanol–water partition coefficient (Wildman–Crippen LogP) is 3.45. The van der Waals surface area contributed by atoms with Gasteiger partial charge < -0.3 is 4.90 Å². The summed E-state index contributed by atoms with van der Waals surface area (Å²) in [6.45, 7) is 10.4. The summed E-state index contributed by atoms with van der Waals surface area (Å²) in [5, 5.41) is 0. The summed E-state index contributed by atoms with van der Waals surface area (Å²) < 4.78 is 0. The maximum absolute atomic E-state index is 4.08. The average Bonchev–Trinajstić information content (AvgIpc) is 2.16. The highest BCUT2D eigenvalue weighted by molar-refractivity contribution is 5.31. The minimum Gasteiger partial charge on any atom is -0.322 e. The Morgan fingerprint density at radius 3 is 2.69 bits per heavy atom. The SMILES string of the molecule is C=C(C(C)C)N1C=CC=C/C1=C/C. The molecule has 0 unspecified atom stereocenters. The van der Waals surface area contributed by atoms with E-state index in [0.717, 1.165) is 5.70 Å². The Kier molecular flexibility index (Phi) is 3.13. The van der Waals surface area contributed by atoms with Gasteiger partial charge >= 0.3 is 0 Å². The second kappa shape index (κ2) is 4.13. The molecule has 1 heteroatoms. The van der Waals surface area contributed by atoms with Crippen molar-refractivity contribution in [1.29, 1.82) is 0 Å². The molecule has 0 aromatic carbocycles. The van der Waals surface area contributed by atoms with Crippen LogP contribution in [0.4, 0.5) is 0 Å². The molecular weight excluding hydrogens is 158 g/mol. The van der Waals surface area contributed by atoms with E-state index in [1.807, 2.05) is 19.1 Å². The molecule has 0 bridgehead atoms. The van der Waals surface area contributed by atoms with E-state index >= 15 is 0 Å². The molecule has 0 radical (unpaired) electrons. The fraction of sp³-hybridized carbons (Fsp3) is 0.333. The molecule has 1 heterocycles. The Morgan fingerprint density at radius 2 is 2.15 bits per heavy atom. The van der Waals surface area contributed by atoms with E-state index in [4.69, 9.17) is 0 Å². The van der Waals surface area contributed by atoms with Crippen LogP contribution < -0.4 is 0 Å². The van der Waals surface area contributed by atoms with Crippen LogP contribution in [0.15, 0.2) is 48.5 Å². The van der Waals surface area contributed by atoms with E-state index in [1.54, 1.807) is 0 Å². The molecule has 0 N–H and O–H groups in total. The number of hydrogen-bond acceptors (Lipinski definition) is 1. The molecule has 1 aliphatic heterocycles. The first-order chi connectivity index (χ1) is 6.16. The van der Waals surface area contributed by atoms with Gasteiger partial charge in [-0.1, -0.05) is 32.6 Å². The standard InChI is InChI=1S/C12H17N/c1-5-12-8-6-7-9-13(12)11(4)10(2)3/h5-10H,4H2,1-3H3/b12-5-. The summed E-state index contributed by atoms with van der Waals surface area (Å²) in [4.78, 5) is 2.13. The van der Waals surface area contributed by atoms with Crippen molar-refractivity contribution in [3.05, 3.63) is 48.5 Å². The molecule has 1 nitrogen and oxygen atoms in total. The highest BCUT2D eigenvalue weighted by Crippen LogP contribution is 2.22. The summed E-state index contributed by atoms with van der Waals surface area (Å²) in [6, 6.07) is 0. The Bertz CT molecular complexity index is 279. The lowest BCUT2D eigenvalue weighted by Crippen LogP contribution is -2.19.